The highest BCUT2D eigenvalue weighted by Gasteiger charge is 2.03. The van der Waals surface area contributed by atoms with Gasteiger partial charge in [0.25, 0.3) is 0 Å². The molecule has 2 N–H and O–H groups in total. The van der Waals surface area contributed by atoms with Gasteiger partial charge in [-0.25, -0.2) is 9.97 Å². The molecule has 0 aliphatic rings. The van der Waals surface area contributed by atoms with Gasteiger partial charge in [0.05, 0.1) is 17.0 Å². The van der Waals surface area contributed by atoms with Crippen molar-refractivity contribution in [1.82, 2.24) is 15.0 Å². The third-order valence-corrected chi connectivity index (χ3v) is 2.03. The molecule has 0 saturated carbocycles. The Labute approximate surface area is 92.6 Å². The molecule has 0 fully saturated rings. The van der Waals surface area contributed by atoms with Gasteiger partial charge in [0.2, 0.25) is 5.95 Å². The van der Waals surface area contributed by atoms with Crippen molar-refractivity contribution in [3.05, 3.63) is 35.7 Å². The predicted octanol–water partition coefficient (Wildman–Crippen LogP) is 1.30. The van der Waals surface area contributed by atoms with E-state index in [0.717, 1.165) is 5.69 Å². The molecule has 0 amide bonds. The number of anilines is 1. The summed E-state index contributed by atoms with van der Waals surface area (Å²) in [5.41, 5.74) is 8.19. The Morgan fingerprint density at radius 2 is 2.06 bits per heavy atom. The second-order valence-electron chi connectivity index (χ2n) is 3.30. The number of aromatic nitrogens is 3. The average Bonchev–Trinajstić information content (AvgIpc) is 2.28. The quantitative estimate of drug-likeness (QED) is 0.768. The summed E-state index contributed by atoms with van der Waals surface area (Å²) in [6.07, 6.45) is 1.50. The molecule has 78 valence electrons. The Kier molecular flexibility index (Phi) is 2.48. The maximum atomic E-state index is 8.65. The second kappa shape index (κ2) is 3.95. The highest BCUT2D eigenvalue weighted by atomic mass is 15.0. The topological polar surface area (TPSA) is 88.5 Å². The molecule has 16 heavy (non-hydrogen) atoms. The standard InChI is InChI=1S/C11H9N5/c1-7-4-10(16-11(13)15-7)9-3-2-8(5-12)6-14-9/h2-4,6H,1H3,(H2,13,15,16). The van der Waals surface area contributed by atoms with E-state index in [1.54, 1.807) is 18.2 Å². The Morgan fingerprint density at radius 3 is 2.62 bits per heavy atom. The fraction of sp³-hybridized carbons (Fsp3) is 0.0909. The Morgan fingerprint density at radius 1 is 1.25 bits per heavy atom. The molecule has 2 heterocycles. The molecule has 0 aliphatic carbocycles. The molecule has 0 aliphatic heterocycles. The molecule has 0 spiro atoms. The minimum absolute atomic E-state index is 0.223. The van der Waals surface area contributed by atoms with Crippen LogP contribution in [0.3, 0.4) is 0 Å². The first kappa shape index (κ1) is 10.1. The summed E-state index contributed by atoms with van der Waals surface area (Å²) >= 11 is 0. The predicted molar refractivity (Wildman–Crippen MR) is 59.1 cm³/mol. The highest BCUT2D eigenvalue weighted by Crippen LogP contribution is 2.15. The van der Waals surface area contributed by atoms with Crippen molar-refractivity contribution in [1.29, 1.82) is 5.26 Å². The van der Waals surface area contributed by atoms with Gasteiger partial charge >= 0.3 is 0 Å². The Hall–Kier alpha value is -2.48. The molecule has 2 aromatic rings. The number of rotatable bonds is 1. The van der Waals surface area contributed by atoms with Crippen LogP contribution < -0.4 is 5.73 Å². The summed E-state index contributed by atoms with van der Waals surface area (Å²) < 4.78 is 0. The van der Waals surface area contributed by atoms with Crippen molar-refractivity contribution >= 4 is 5.95 Å². The van der Waals surface area contributed by atoms with Crippen LogP contribution in [0.25, 0.3) is 11.4 Å². The Bertz CT molecular complexity index is 533. The normalized spacial score (nSPS) is 9.75. The van der Waals surface area contributed by atoms with Crippen LogP contribution in [0.4, 0.5) is 5.95 Å². The minimum Gasteiger partial charge on any atom is -0.368 e. The van der Waals surface area contributed by atoms with E-state index in [2.05, 4.69) is 15.0 Å². The summed E-state index contributed by atoms with van der Waals surface area (Å²) in [7, 11) is 0. The van der Waals surface area contributed by atoms with Gasteiger partial charge in [-0.05, 0) is 25.1 Å². The molecular weight excluding hydrogens is 202 g/mol. The number of nitrogens with zero attached hydrogens (tertiary/aromatic N) is 4. The van der Waals surface area contributed by atoms with Crippen LogP contribution in [0.1, 0.15) is 11.3 Å². The van der Waals surface area contributed by atoms with Gasteiger partial charge < -0.3 is 5.73 Å². The van der Waals surface area contributed by atoms with Gasteiger partial charge in [0.15, 0.2) is 0 Å². The summed E-state index contributed by atoms with van der Waals surface area (Å²) in [6.45, 7) is 1.84. The molecule has 5 heteroatoms. The van der Waals surface area contributed by atoms with Crippen LogP contribution >= 0.6 is 0 Å². The third kappa shape index (κ3) is 1.96. The third-order valence-electron chi connectivity index (χ3n) is 2.03. The monoisotopic (exact) mass is 211 g/mol. The molecule has 0 bridgehead atoms. The molecule has 2 rings (SSSR count). The number of hydrogen-bond acceptors (Lipinski definition) is 5. The van der Waals surface area contributed by atoms with E-state index in [1.165, 1.54) is 6.20 Å². The van der Waals surface area contributed by atoms with Gasteiger partial charge in [-0.15, -0.1) is 0 Å². The van der Waals surface area contributed by atoms with Crippen molar-refractivity contribution in [3.8, 4) is 17.5 Å². The molecule has 0 atom stereocenters. The maximum Gasteiger partial charge on any atom is 0.220 e. The van der Waals surface area contributed by atoms with E-state index in [-0.39, 0.29) is 5.95 Å². The molecule has 2 aromatic heterocycles. The molecular formula is C11H9N5. The number of pyridine rings is 1. The zero-order valence-electron chi connectivity index (χ0n) is 8.68. The van der Waals surface area contributed by atoms with E-state index in [1.807, 2.05) is 13.0 Å². The van der Waals surface area contributed by atoms with Crippen LogP contribution in [-0.2, 0) is 0 Å². The van der Waals surface area contributed by atoms with E-state index >= 15 is 0 Å². The van der Waals surface area contributed by atoms with Crippen molar-refractivity contribution < 1.29 is 0 Å². The first-order valence-corrected chi connectivity index (χ1v) is 4.67. The maximum absolute atomic E-state index is 8.65. The number of nitrogens with two attached hydrogens (primary N) is 1. The summed E-state index contributed by atoms with van der Waals surface area (Å²) in [5.74, 6) is 0.223. The van der Waals surface area contributed by atoms with Crippen LogP contribution in [0, 0.1) is 18.3 Å². The average molecular weight is 211 g/mol. The largest absolute Gasteiger partial charge is 0.368 e. The van der Waals surface area contributed by atoms with Crippen LogP contribution in [0.15, 0.2) is 24.4 Å². The lowest BCUT2D eigenvalue weighted by Gasteiger charge is -2.02. The van der Waals surface area contributed by atoms with Crippen molar-refractivity contribution in [2.75, 3.05) is 5.73 Å². The lowest BCUT2D eigenvalue weighted by atomic mass is 10.2. The number of nitrogen functional groups attached to an aromatic ring is 1. The van der Waals surface area contributed by atoms with E-state index in [9.17, 15) is 0 Å². The lowest BCUT2D eigenvalue weighted by molar-refractivity contribution is 1.11. The minimum atomic E-state index is 0.223. The summed E-state index contributed by atoms with van der Waals surface area (Å²) in [4.78, 5) is 12.2. The van der Waals surface area contributed by atoms with Gasteiger partial charge in [-0.1, -0.05) is 0 Å². The van der Waals surface area contributed by atoms with Crippen LogP contribution in [-0.4, -0.2) is 15.0 Å². The first-order chi connectivity index (χ1) is 7.69. The van der Waals surface area contributed by atoms with Crippen LogP contribution in [0.2, 0.25) is 0 Å². The van der Waals surface area contributed by atoms with E-state index in [0.29, 0.717) is 17.0 Å². The molecule has 5 nitrogen and oxygen atoms in total. The molecule has 0 saturated heterocycles. The fourth-order valence-electron chi connectivity index (χ4n) is 1.33. The first-order valence-electron chi connectivity index (χ1n) is 4.67. The van der Waals surface area contributed by atoms with Gasteiger partial charge in [0.1, 0.15) is 6.07 Å². The number of nitriles is 1. The van der Waals surface area contributed by atoms with E-state index < -0.39 is 0 Å². The fourth-order valence-corrected chi connectivity index (χ4v) is 1.33. The zero-order valence-corrected chi connectivity index (χ0v) is 8.68. The number of hydrogen-bond donors (Lipinski definition) is 1. The van der Waals surface area contributed by atoms with Gasteiger partial charge in [-0.3, -0.25) is 4.98 Å². The van der Waals surface area contributed by atoms with Crippen LogP contribution in [0.5, 0.6) is 0 Å². The molecule has 0 aromatic carbocycles. The van der Waals surface area contributed by atoms with Gasteiger partial charge in [0, 0.05) is 11.9 Å². The molecule has 0 unspecified atom stereocenters. The smallest absolute Gasteiger partial charge is 0.220 e. The zero-order chi connectivity index (χ0) is 11.5. The van der Waals surface area contributed by atoms with Crippen molar-refractivity contribution in [2.45, 2.75) is 6.92 Å². The second-order valence-corrected chi connectivity index (χ2v) is 3.30. The van der Waals surface area contributed by atoms with Crippen molar-refractivity contribution in [3.63, 3.8) is 0 Å². The summed E-state index contributed by atoms with van der Waals surface area (Å²) in [5, 5.41) is 8.65. The molecule has 0 radical (unpaired) electrons. The SMILES string of the molecule is Cc1cc(-c2ccc(C#N)cn2)nc(N)n1. The lowest BCUT2D eigenvalue weighted by Crippen LogP contribution is -1.99. The van der Waals surface area contributed by atoms with Crippen molar-refractivity contribution in [2.24, 2.45) is 0 Å². The Balaban J connectivity index is 2.47. The highest BCUT2D eigenvalue weighted by molar-refractivity contribution is 5.56. The summed E-state index contributed by atoms with van der Waals surface area (Å²) in [6, 6.07) is 7.23. The van der Waals surface area contributed by atoms with E-state index in [4.69, 9.17) is 11.0 Å². The number of aryl methyl sites for hydroxylation is 1. The van der Waals surface area contributed by atoms with Gasteiger partial charge in [-0.2, -0.15) is 5.26 Å².